The Morgan fingerprint density at radius 2 is 2.25 bits per heavy atom. The van der Waals surface area contributed by atoms with Crippen molar-refractivity contribution in [3.05, 3.63) is 29.6 Å². The molecule has 1 N–H and O–H groups in total. The van der Waals surface area contributed by atoms with Gasteiger partial charge < -0.3 is 0 Å². The summed E-state index contributed by atoms with van der Waals surface area (Å²) in [4.78, 5) is 3.29. The molecule has 1 aromatic heterocycles. The summed E-state index contributed by atoms with van der Waals surface area (Å²) in [6, 6.07) is 4.40. The van der Waals surface area contributed by atoms with Crippen LogP contribution in [0.3, 0.4) is 0 Å². The van der Waals surface area contributed by atoms with E-state index in [0.717, 1.165) is 4.43 Å². The van der Waals surface area contributed by atoms with Crippen molar-refractivity contribution in [2.45, 2.75) is 30.6 Å². The molecule has 0 aliphatic rings. The first-order valence-corrected chi connectivity index (χ1v) is 5.87. The van der Waals surface area contributed by atoms with Crippen molar-refractivity contribution in [2.24, 2.45) is 0 Å². The summed E-state index contributed by atoms with van der Waals surface area (Å²) in [5, 5.41) is 0. The van der Waals surface area contributed by atoms with Gasteiger partial charge in [-0.1, -0.05) is 36.4 Å². The lowest BCUT2D eigenvalue weighted by Gasteiger charge is -2.04. The summed E-state index contributed by atoms with van der Waals surface area (Å²) in [5.74, 6) is 0.671. The van der Waals surface area contributed by atoms with Gasteiger partial charge in [0.25, 0.3) is 0 Å². The second-order valence-electron chi connectivity index (χ2n) is 3.09. The zero-order valence-electron chi connectivity index (χ0n) is 7.60. The van der Waals surface area contributed by atoms with Crippen molar-refractivity contribution in [3.8, 4) is 0 Å². The van der Waals surface area contributed by atoms with E-state index in [1.165, 1.54) is 17.7 Å². The van der Waals surface area contributed by atoms with Crippen molar-refractivity contribution in [1.29, 1.82) is 0 Å². The molecule has 0 amide bonds. The highest BCUT2D eigenvalue weighted by Crippen LogP contribution is 2.16. The zero-order valence-corrected chi connectivity index (χ0v) is 9.76. The van der Waals surface area contributed by atoms with E-state index in [0.29, 0.717) is 5.92 Å². The van der Waals surface area contributed by atoms with E-state index in [1.54, 1.807) is 0 Å². The molecule has 2 heteroatoms. The summed E-state index contributed by atoms with van der Waals surface area (Å²) in [5.41, 5.74) is 2.70. The number of halogens is 1. The Bertz CT molecular complexity index is 230. The van der Waals surface area contributed by atoms with Crippen LogP contribution in [0.25, 0.3) is 0 Å². The van der Waals surface area contributed by atoms with Gasteiger partial charge in [0.1, 0.15) is 0 Å². The smallest absolute Gasteiger partial charge is 0.189 e. The SMILES string of the molecule is CCC(C)c1ccc(CI)[nH+]c1. The highest BCUT2D eigenvalue weighted by molar-refractivity contribution is 14.1. The molecule has 0 aromatic carbocycles. The maximum absolute atomic E-state index is 3.29. The second kappa shape index (κ2) is 4.80. The summed E-state index contributed by atoms with van der Waals surface area (Å²) >= 11 is 2.36. The molecular weight excluding hydrogens is 261 g/mol. The standard InChI is InChI=1S/C10H14IN/c1-3-8(2)9-4-5-10(6-11)12-7-9/h4-5,7-8H,3,6H2,1-2H3/p+1. The first kappa shape index (κ1) is 9.96. The minimum absolute atomic E-state index is 0.671. The number of nitrogens with one attached hydrogen (secondary N) is 1. The molecule has 0 spiro atoms. The summed E-state index contributed by atoms with van der Waals surface area (Å²) < 4.78 is 1.05. The van der Waals surface area contributed by atoms with Gasteiger partial charge in [0, 0.05) is 11.6 Å². The third kappa shape index (κ3) is 2.44. The van der Waals surface area contributed by atoms with Gasteiger partial charge in [-0.25, -0.2) is 4.98 Å². The molecule has 0 radical (unpaired) electrons. The van der Waals surface area contributed by atoms with E-state index >= 15 is 0 Å². The molecule has 12 heavy (non-hydrogen) atoms. The number of alkyl halides is 1. The predicted molar refractivity (Wildman–Crippen MR) is 59.4 cm³/mol. The molecule has 0 fully saturated rings. The Labute approximate surface area is 87.7 Å². The van der Waals surface area contributed by atoms with E-state index in [9.17, 15) is 0 Å². The number of aromatic amines is 1. The number of hydrogen-bond acceptors (Lipinski definition) is 0. The molecule has 1 aromatic rings. The third-order valence-electron chi connectivity index (χ3n) is 2.23. The normalized spacial score (nSPS) is 12.9. The molecule has 1 rings (SSSR count). The Hall–Kier alpha value is -0.120. The van der Waals surface area contributed by atoms with Crippen LogP contribution in [0.15, 0.2) is 18.3 Å². The van der Waals surface area contributed by atoms with Crippen LogP contribution in [0.4, 0.5) is 0 Å². The monoisotopic (exact) mass is 276 g/mol. The lowest BCUT2D eigenvalue weighted by Crippen LogP contribution is -2.10. The number of pyridine rings is 1. The molecule has 66 valence electrons. The second-order valence-corrected chi connectivity index (χ2v) is 3.85. The summed E-state index contributed by atoms with van der Waals surface area (Å²) in [7, 11) is 0. The summed E-state index contributed by atoms with van der Waals surface area (Å²) in [6.07, 6.45) is 3.33. The quantitative estimate of drug-likeness (QED) is 0.595. The third-order valence-corrected chi connectivity index (χ3v) is 3.05. The van der Waals surface area contributed by atoms with Gasteiger partial charge in [-0.05, 0) is 18.4 Å². The average molecular weight is 276 g/mol. The zero-order chi connectivity index (χ0) is 8.97. The first-order valence-electron chi connectivity index (χ1n) is 4.34. The minimum atomic E-state index is 0.671. The van der Waals surface area contributed by atoms with Crippen molar-refractivity contribution in [2.75, 3.05) is 0 Å². The fourth-order valence-corrected chi connectivity index (χ4v) is 1.57. The Morgan fingerprint density at radius 1 is 1.50 bits per heavy atom. The van der Waals surface area contributed by atoms with Crippen molar-refractivity contribution >= 4 is 22.6 Å². The Morgan fingerprint density at radius 3 is 2.67 bits per heavy atom. The van der Waals surface area contributed by atoms with Crippen LogP contribution >= 0.6 is 22.6 Å². The maximum Gasteiger partial charge on any atom is 0.189 e. The van der Waals surface area contributed by atoms with Gasteiger partial charge in [-0.3, -0.25) is 0 Å². The van der Waals surface area contributed by atoms with Crippen LogP contribution in [-0.2, 0) is 4.43 Å². The first-order chi connectivity index (χ1) is 5.77. The molecule has 1 heterocycles. The predicted octanol–water partition coefficient (Wildman–Crippen LogP) is 2.95. The van der Waals surface area contributed by atoms with Gasteiger partial charge in [0.15, 0.2) is 11.9 Å². The van der Waals surface area contributed by atoms with Gasteiger partial charge in [0.05, 0.1) is 4.43 Å². The largest absolute Gasteiger partial charge is 0.214 e. The highest BCUT2D eigenvalue weighted by Gasteiger charge is 2.06. The fraction of sp³-hybridized carbons (Fsp3) is 0.500. The van der Waals surface area contributed by atoms with Crippen LogP contribution in [0.1, 0.15) is 37.4 Å². The van der Waals surface area contributed by atoms with E-state index < -0.39 is 0 Å². The number of hydrogen-bond donors (Lipinski definition) is 0. The Kier molecular flexibility index (Phi) is 3.98. The average Bonchev–Trinajstić information content (AvgIpc) is 2.17. The van der Waals surface area contributed by atoms with E-state index in [2.05, 4.69) is 59.8 Å². The van der Waals surface area contributed by atoms with E-state index in [-0.39, 0.29) is 0 Å². The molecule has 0 bridgehead atoms. The van der Waals surface area contributed by atoms with Crippen LogP contribution < -0.4 is 4.98 Å². The van der Waals surface area contributed by atoms with Crippen molar-refractivity contribution in [1.82, 2.24) is 0 Å². The molecule has 0 saturated heterocycles. The van der Waals surface area contributed by atoms with Crippen molar-refractivity contribution < 1.29 is 4.98 Å². The van der Waals surface area contributed by atoms with Gasteiger partial charge in [-0.2, -0.15) is 0 Å². The molecule has 0 saturated carbocycles. The van der Waals surface area contributed by atoms with Gasteiger partial charge in [-0.15, -0.1) is 0 Å². The number of H-pyrrole nitrogens is 1. The molecule has 0 aliphatic heterocycles. The molecule has 1 nitrogen and oxygen atoms in total. The van der Waals surface area contributed by atoms with E-state index in [1.807, 2.05) is 0 Å². The minimum Gasteiger partial charge on any atom is -0.214 e. The number of aromatic nitrogens is 1. The van der Waals surface area contributed by atoms with Gasteiger partial charge >= 0.3 is 0 Å². The highest BCUT2D eigenvalue weighted by atomic mass is 127. The topological polar surface area (TPSA) is 14.1 Å². The van der Waals surface area contributed by atoms with Crippen LogP contribution in [0.2, 0.25) is 0 Å². The van der Waals surface area contributed by atoms with Gasteiger partial charge in [0.2, 0.25) is 0 Å². The lowest BCUT2D eigenvalue weighted by molar-refractivity contribution is -0.388. The van der Waals surface area contributed by atoms with Crippen molar-refractivity contribution in [3.63, 3.8) is 0 Å². The molecular formula is C10H15IN+. The Balaban J connectivity index is 2.77. The molecule has 1 unspecified atom stereocenters. The number of rotatable bonds is 3. The van der Waals surface area contributed by atoms with Crippen LogP contribution in [-0.4, -0.2) is 0 Å². The molecule has 1 atom stereocenters. The maximum atomic E-state index is 3.29. The van der Waals surface area contributed by atoms with Crippen LogP contribution in [0.5, 0.6) is 0 Å². The van der Waals surface area contributed by atoms with E-state index in [4.69, 9.17) is 0 Å². The van der Waals surface area contributed by atoms with Crippen LogP contribution in [0, 0.1) is 0 Å². The fourth-order valence-electron chi connectivity index (χ4n) is 1.09. The molecule has 0 aliphatic carbocycles. The summed E-state index contributed by atoms with van der Waals surface area (Å²) in [6.45, 7) is 4.48. The lowest BCUT2D eigenvalue weighted by atomic mass is 10.0.